The van der Waals surface area contributed by atoms with Gasteiger partial charge < -0.3 is 31.8 Å². The first kappa shape index (κ1) is 31.9. The molecular formula is C26H20F6N6O5. The fraction of sp³-hybridized carbons (Fsp3) is 0.115. The molecule has 4 aromatic rings. The number of rotatable bonds is 5. The monoisotopic (exact) mass is 610 g/mol. The van der Waals surface area contributed by atoms with Crippen molar-refractivity contribution in [2.45, 2.75) is 19.3 Å². The van der Waals surface area contributed by atoms with E-state index in [1.165, 1.54) is 6.92 Å². The number of primary amides is 1. The van der Waals surface area contributed by atoms with Gasteiger partial charge >= 0.3 is 24.4 Å². The Morgan fingerprint density at radius 2 is 1.51 bits per heavy atom. The average molecular weight is 610 g/mol. The number of nitrogens with two attached hydrogens (primary N) is 1. The number of H-pyrrole nitrogens is 1. The Morgan fingerprint density at radius 3 is 2.05 bits per heavy atom. The standard InChI is InChI=1S/C24H19F3N6O3.C2HF3O2/c1-12(34)30-17-7-4-14(24(25,26)27)10-18(17)33-23(36)31-15-5-2-13(3-6-15)20-16-8-9-29-11-19(16)32-21(20)22(28)35;3-2(4,5)1(6)7/h2-11,32H,1H3,(H2,28,35)(H,30,34)(H2,31,33,36);(H,6,7). The number of hydrogen-bond donors (Lipinski definition) is 6. The van der Waals surface area contributed by atoms with Gasteiger partial charge in [0.15, 0.2) is 0 Å². The zero-order chi connectivity index (χ0) is 32.1. The van der Waals surface area contributed by atoms with Gasteiger partial charge in [-0.3, -0.25) is 14.6 Å². The van der Waals surface area contributed by atoms with E-state index in [0.29, 0.717) is 22.3 Å². The lowest BCUT2D eigenvalue weighted by Gasteiger charge is -2.15. The average Bonchev–Trinajstić information content (AvgIpc) is 3.29. The van der Waals surface area contributed by atoms with Gasteiger partial charge in [0.1, 0.15) is 5.69 Å². The molecule has 17 heteroatoms. The third-order valence-electron chi connectivity index (χ3n) is 5.43. The molecule has 0 saturated carbocycles. The van der Waals surface area contributed by atoms with E-state index in [1.807, 2.05) is 0 Å². The number of nitrogens with one attached hydrogen (secondary N) is 4. The van der Waals surface area contributed by atoms with Gasteiger partial charge in [-0.25, -0.2) is 9.59 Å². The molecule has 0 saturated heterocycles. The molecule has 0 radical (unpaired) electrons. The predicted molar refractivity (Wildman–Crippen MR) is 142 cm³/mol. The Hall–Kier alpha value is -5.61. The van der Waals surface area contributed by atoms with Crippen molar-refractivity contribution in [1.29, 1.82) is 0 Å². The molecule has 7 N–H and O–H groups in total. The molecule has 0 aliphatic rings. The summed E-state index contributed by atoms with van der Waals surface area (Å²) in [6.45, 7) is 1.19. The van der Waals surface area contributed by atoms with Gasteiger partial charge in [-0.15, -0.1) is 0 Å². The molecule has 2 aromatic heterocycles. The summed E-state index contributed by atoms with van der Waals surface area (Å²) in [7, 11) is 0. The number of aromatic amines is 1. The summed E-state index contributed by atoms with van der Waals surface area (Å²) in [4.78, 5) is 51.7. The first-order valence-electron chi connectivity index (χ1n) is 11.7. The van der Waals surface area contributed by atoms with Crippen molar-refractivity contribution in [3.8, 4) is 11.1 Å². The molecule has 0 aliphatic heterocycles. The second-order valence-corrected chi connectivity index (χ2v) is 8.56. The number of fused-ring (bicyclic) bond motifs is 1. The van der Waals surface area contributed by atoms with E-state index >= 15 is 0 Å². The van der Waals surface area contributed by atoms with Crippen molar-refractivity contribution >= 4 is 51.8 Å². The summed E-state index contributed by atoms with van der Waals surface area (Å²) in [6, 6.07) is 9.90. The zero-order valence-electron chi connectivity index (χ0n) is 21.6. The van der Waals surface area contributed by atoms with Crippen molar-refractivity contribution in [1.82, 2.24) is 9.97 Å². The number of aliphatic carboxylic acids is 1. The van der Waals surface area contributed by atoms with Gasteiger partial charge in [0, 0.05) is 29.8 Å². The molecule has 0 fully saturated rings. The van der Waals surface area contributed by atoms with Crippen molar-refractivity contribution < 1.29 is 50.6 Å². The number of hydrogen-bond acceptors (Lipinski definition) is 5. The van der Waals surface area contributed by atoms with Crippen LogP contribution in [0, 0.1) is 0 Å². The van der Waals surface area contributed by atoms with Crippen molar-refractivity contribution in [3.63, 3.8) is 0 Å². The van der Waals surface area contributed by atoms with Gasteiger partial charge in [-0.1, -0.05) is 12.1 Å². The van der Waals surface area contributed by atoms with E-state index in [4.69, 9.17) is 15.6 Å². The van der Waals surface area contributed by atoms with Crippen LogP contribution >= 0.6 is 0 Å². The first-order valence-corrected chi connectivity index (χ1v) is 11.7. The Morgan fingerprint density at radius 1 is 0.884 bits per heavy atom. The number of anilines is 3. The van der Waals surface area contributed by atoms with Crippen LogP contribution in [-0.2, 0) is 15.8 Å². The molecule has 0 unspecified atom stereocenters. The number of carbonyl (C=O) groups is 4. The van der Waals surface area contributed by atoms with E-state index in [9.17, 15) is 40.7 Å². The van der Waals surface area contributed by atoms with E-state index in [-0.39, 0.29) is 17.1 Å². The molecule has 4 amide bonds. The van der Waals surface area contributed by atoms with Crippen LogP contribution in [0.3, 0.4) is 0 Å². The molecule has 11 nitrogen and oxygen atoms in total. The number of alkyl halides is 6. The van der Waals surface area contributed by atoms with E-state index in [1.54, 1.807) is 42.7 Å². The molecule has 0 aliphatic carbocycles. The van der Waals surface area contributed by atoms with Crippen LogP contribution in [0.4, 0.5) is 48.2 Å². The van der Waals surface area contributed by atoms with Gasteiger partial charge in [0.2, 0.25) is 5.91 Å². The summed E-state index contributed by atoms with van der Waals surface area (Å²) in [5, 5.41) is 15.1. The minimum atomic E-state index is -5.08. The van der Waals surface area contributed by atoms with E-state index in [2.05, 4.69) is 25.9 Å². The first-order chi connectivity index (χ1) is 20.0. The summed E-state index contributed by atoms with van der Waals surface area (Å²) in [5.41, 5.74) is 6.66. The number of pyridine rings is 1. The number of halogens is 6. The van der Waals surface area contributed by atoms with Gasteiger partial charge in [-0.2, -0.15) is 26.3 Å². The quantitative estimate of drug-likeness (QED) is 0.161. The molecular weight excluding hydrogens is 590 g/mol. The highest BCUT2D eigenvalue weighted by atomic mass is 19.4. The van der Waals surface area contributed by atoms with Crippen LogP contribution in [0.5, 0.6) is 0 Å². The maximum absolute atomic E-state index is 13.1. The van der Waals surface area contributed by atoms with Crippen LogP contribution in [0.25, 0.3) is 22.0 Å². The van der Waals surface area contributed by atoms with Crippen molar-refractivity contribution in [2.75, 3.05) is 16.0 Å². The summed E-state index contributed by atoms with van der Waals surface area (Å²) < 4.78 is 71.1. The Bertz CT molecular complexity index is 1680. The highest BCUT2D eigenvalue weighted by Gasteiger charge is 2.38. The highest BCUT2D eigenvalue weighted by Crippen LogP contribution is 2.35. The number of carboxylic acid groups (broad SMARTS) is 1. The van der Waals surface area contributed by atoms with Crippen LogP contribution in [0.15, 0.2) is 60.9 Å². The van der Waals surface area contributed by atoms with Gasteiger partial charge in [-0.05, 0) is 42.0 Å². The predicted octanol–water partition coefficient (Wildman–Crippen LogP) is 5.58. The second-order valence-electron chi connectivity index (χ2n) is 8.56. The van der Waals surface area contributed by atoms with Crippen molar-refractivity contribution in [2.24, 2.45) is 5.73 Å². The zero-order valence-corrected chi connectivity index (χ0v) is 21.6. The van der Waals surface area contributed by atoms with Gasteiger partial charge in [0.25, 0.3) is 5.91 Å². The Labute approximate surface area is 237 Å². The van der Waals surface area contributed by atoms with Crippen molar-refractivity contribution in [3.05, 3.63) is 72.2 Å². The minimum absolute atomic E-state index is 0.00815. The molecule has 0 bridgehead atoms. The summed E-state index contributed by atoms with van der Waals surface area (Å²) in [6.07, 6.45) is -6.58. The van der Waals surface area contributed by atoms with Crippen LogP contribution in [0.2, 0.25) is 0 Å². The maximum Gasteiger partial charge on any atom is 0.490 e. The fourth-order valence-electron chi connectivity index (χ4n) is 3.66. The maximum atomic E-state index is 13.1. The summed E-state index contributed by atoms with van der Waals surface area (Å²) in [5.74, 6) is -3.93. The Balaban J connectivity index is 0.000000646. The number of urea groups is 1. The number of aromatic nitrogens is 2. The van der Waals surface area contributed by atoms with Gasteiger partial charge in [0.05, 0.1) is 28.7 Å². The number of benzene rings is 2. The molecule has 0 atom stereocenters. The molecule has 226 valence electrons. The van der Waals surface area contributed by atoms with Crippen LogP contribution in [-0.4, -0.2) is 45.1 Å². The normalized spacial score (nSPS) is 11.2. The minimum Gasteiger partial charge on any atom is -0.475 e. The fourth-order valence-corrected chi connectivity index (χ4v) is 3.66. The van der Waals surface area contributed by atoms with Crippen LogP contribution in [0.1, 0.15) is 23.0 Å². The molecule has 0 spiro atoms. The lowest BCUT2D eigenvalue weighted by molar-refractivity contribution is -0.192. The smallest absolute Gasteiger partial charge is 0.475 e. The second kappa shape index (κ2) is 12.5. The third kappa shape index (κ3) is 8.21. The van der Waals surface area contributed by atoms with E-state index < -0.39 is 41.7 Å². The van der Waals surface area contributed by atoms with E-state index in [0.717, 1.165) is 23.6 Å². The lowest BCUT2D eigenvalue weighted by Crippen LogP contribution is -2.21. The number of carboxylic acids is 1. The number of amides is 4. The topological polar surface area (TPSA) is 179 Å². The molecule has 2 heterocycles. The third-order valence-corrected chi connectivity index (χ3v) is 5.43. The number of nitrogens with zero attached hydrogens (tertiary/aromatic N) is 1. The SMILES string of the molecule is CC(=O)Nc1ccc(C(F)(F)F)cc1NC(=O)Nc1ccc(-c2c(C(N)=O)[nH]c3cnccc23)cc1.O=C(O)C(F)(F)F. The van der Waals surface area contributed by atoms with Crippen LogP contribution < -0.4 is 21.7 Å². The number of carbonyl (C=O) groups excluding carboxylic acids is 3. The summed E-state index contributed by atoms with van der Waals surface area (Å²) >= 11 is 0. The molecule has 43 heavy (non-hydrogen) atoms. The molecule has 2 aromatic carbocycles. The largest absolute Gasteiger partial charge is 0.490 e. The highest BCUT2D eigenvalue weighted by molar-refractivity contribution is 6.09. The molecule has 4 rings (SSSR count). The lowest BCUT2D eigenvalue weighted by atomic mass is 10.0. The Kier molecular flexibility index (Phi) is 9.27.